The van der Waals surface area contributed by atoms with Crippen LogP contribution in [0.2, 0.25) is 0 Å². The summed E-state index contributed by atoms with van der Waals surface area (Å²) in [6.45, 7) is 1.72. The van der Waals surface area contributed by atoms with Gasteiger partial charge in [0, 0.05) is 12.3 Å². The van der Waals surface area contributed by atoms with Gasteiger partial charge in [-0.2, -0.15) is 0 Å². The lowest BCUT2D eigenvalue weighted by Gasteiger charge is -2.00. The number of hydrogen-bond acceptors (Lipinski definition) is 3. The topological polar surface area (TPSA) is 76.0 Å². The molecule has 2 rings (SSSR count). The number of aromatic amines is 1. The van der Waals surface area contributed by atoms with Gasteiger partial charge in [0.1, 0.15) is 0 Å². The van der Waals surface area contributed by atoms with Crippen LogP contribution in [0.25, 0.3) is 10.8 Å². The molecule has 0 amide bonds. The second-order valence-corrected chi connectivity index (χ2v) is 3.31. The summed E-state index contributed by atoms with van der Waals surface area (Å²) >= 11 is 0. The van der Waals surface area contributed by atoms with Crippen molar-refractivity contribution in [2.24, 2.45) is 0 Å². The maximum atomic E-state index is 11.4. The van der Waals surface area contributed by atoms with Crippen LogP contribution in [0.5, 0.6) is 0 Å². The minimum absolute atomic E-state index is 0.0314. The molecule has 0 unspecified atom stereocenters. The van der Waals surface area contributed by atoms with E-state index in [4.69, 9.17) is 0 Å². The Morgan fingerprint density at radius 3 is 2.73 bits per heavy atom. The molecule has 1 N–H and O–H groups in total. The van der Waals surface area contributed by atoms with Gasteiger partial charge in [-0.1, -0.05) is 0 Å². The van der Waals surface area contributed by atoms with Crippen molar-refractivity contribution in [1.29, 1.82) is 0 Å². The number of nitro benzene ring substituents is 1. The number of non-ortho nitro benzene ring substituents is 1. The van der Waals surface area contributed by atoms with Crippen LogP contribution in [-0.2, 0) is 0 Å². The van der Waals surface area contributed by atoms with Crippen molar-refractivity contribution in [3.63, 3.8) is 0 Å². The lowest BCUT2D eigenvalue weighted by molar-refractivity contribution is -0.383. The van der Waals surface area contributed by atoms with Crippen LogP contribution in [-0.4, -0.2) is 9.91 Å². The molecule has 76 valence electrons. The Bertz CT molecular complexity index is 601. The summed E-state index contributed by atoms with van der Waals surface area (Å²) < 4.78 is 0. The highest BCUT2D eigenvalue weighted by atomic mass is 16.6. The van der Waals surface area contributed by atoms with Gasteiger partial charge in [-0.05, 0) is 24.6 Å². The Kier molecular flexibility index (Phi) is 2.00. The molecule has 0 bridgehead atoms. The molecule has 5 nitrogen and oxygen atoms in total. The lowest BCUT2D eigenvalue weighted by Crippen LogP contribution is -2.05. The average Bonchev–Trinajstić information content (AvgIpc) is 2.18. The molecule has 0 aliphatic heterocycles. The molecule has 0 saturated heterocycles. The molecule has 0 aliphatic rings. The van der Waals surface area contributed by atoms with Crippen LogP contribution in [0.15, 0.2) is 29.2 Å². The Labute approximate surface area is 84.5 Å². The van der Waals surface area contributed by atoms with E-state index >= 15 is 0 Å². The number of aromatic nitrogens is 1. The van der Waals surface area contributed by atoms with E-state index in [-0.39, 0.29) is 11.2 Å². The van der Waals surface area contributed by atoms with E-state index < -0.39 is 4.92 Å². The van der Waals surface area contributed by atoms with Crippen molar-refractivity contribution in [3.05, 3.63) is 50.4 Å². The summed E-state index contributed by atoms with van der Waals surface area (Å²) in [4.78, 5) is 24.2. The van der Waals surface area contributed by atoms with E-state index in [1.54, 1.807) is 13.0 Å². The molecule has 15 heavy (non-hydrogen) atoms. The number of pyridine rings is 1. The average molecular weight is 204 g/mol. The van der Waals surface area contributed by atoms with E-state index in [2.05, 4.69) is 4.98 Å². The molecule has 0 fully saturated rings. The second kappa shape index (κ2) is 3.20. The largest absolute Gasteiger partial charge is 0.329 e. The molecule has 2 aromatic rings. The Morgan fingerprint density at radius 2 is 2.07 bits per heavy atom. The van der Waals surface area contributed by atoms with E-state index in [0.717, 1.165) is 0 Å². The first-order chi connectivity index (χ1) is 7.09. The molecular weight excluding hydrogens is 196 g/mol. The van der Waals surface area contributed by atoms with Gasteiger partial charge in [-0.3, -0.25) is 14.9 Å². The molecule has 0 atom stereocenters. The number of rotatable bonds is 1. The van der Waals surface area contributed by atoms with Gasteiger partial charge in [-0.25, -0.2) is 0 Å². The van der Waals surface area contributed by atoms with Crippen LogP contribution < -0.4 is 5.56 Å². The first kappa shape index (κ1) is 9.39. The summed E-state index contributed by atoms with van der Waals surface area (Å²) in [5.41, 5.74) is 0.362. The third kappa shape index (κ3) is 1.48. The van der Waals surface area contributed by atoms with Crippen LogP contribution in [0.4, 0.5) is 5.69 Å². The minimum atomic E-state index is -0.477. The number of aryl methyl sites for hydroxylation is 1. The van der Waals surface area contributed by atoms with Crippen molar-refractivity contribution in [2.45, 2.75) is 6.92 Å². The van der Waals surface area contributed by atoms with E-state index in [1.165, 1.54) is 18.3 Å². The zero-order valence-corrected chi connectivity index (χ0v) is 7.98. The number of nitrogens with zero attached hydrogens (tertiary/aromatic N) is 1. The maximum absolute atomic E-state index is 11.4. The van der Waals surface area contributed by atoms with Crippen LogP contribution in [0, 0.1) is 17.0 Å². The quantitative estimate of drug-likeness (QED) is 0.567. The first-order valence-corrected chi connectivity index (χ1v) is 4.36. The minimum Gasteiger partial charge on any atom is -0.329 e. The summed E-state index contributed by atoms with van der Waals surface area (Å²) in [5, 5.41) is 11.5. The predicted octanol–water partition coefficient (Wildman–Crippen LogP) is 1.74. The summed E-state index contributed by atoms with van der Waals surface area (Å²) in [6, 6.07) is 4.64. The second-order valence-electron chi connectivity index (χ2n) is 3.31. The third-order valence-electron chi connectivity index (χ3n) is 2.21. The number of benzene rings is 1. The van der Waals surface area contributed by atoms with E-state index in [0.29, 0.717) is 16.3 Å². The molecule has 1 aromatic heterocycles. The smallest absolute Gasteiger partial charge is 0.277 e. The summed E-state index contributed by atoms with van der Waals surface area (Å²) in [6.07, 6.45) is 1.41. The van der Waals surface area contributed by atoms with Gasteiger partial charge in [-0.15, -0.1) is 0 Å². The van der Waals surface area contributed by atoms with Crippen molar-refractivity contribution in [2.75, 3.05) is 0 Å². The SMILES string of the molecule is Cc1cc([N+](=O)[O-])c2cc[nH]c(=O)c2c1. The van der Waals surface area contributed by atoms with Gasteiger partial charge < -0.3 is 4.98 Å². The fourth-order valence-corrected chi connectivity index (χ4v) is 1.57. The maximum Gasteiger partial charge on any atom is 0.277 e. The van der Waals surface area contributed by atoms with Crippen LogP contribution in [0.1, 0.15) is 5.56 Å². The van der Waals surface area contributed by atoms with Crippen molar-refractivity contribution in [3.8, 4) is 0 Å². The zero-order valence-electron chi connectivity index (χ0n) is 7.98. The van der Waals surface area contributed by atoms with Gasteiger partial charge in [0.25, 0.3) is 11.2 Å². The monoisotopic (exact) mass is 204 g/mol. The molecule has 0 saturated carbocycles. The van der Waals surface area contributed by atoms with Crippen molar-refractivity contribution < 1.29 is 4.92 Å². The number of hydrogen-bond donors (Lipinski definition) is 1. The summed E-state index contributed by atoms with van der Waals surface area (Å²) in [5.74, 6) is 0. The highest BCUT2D eigenvalue weighted by Gasteiger charge is 2.13. The van der Waals surface area contributed by atoms with E-state index in [1.807, 2.05) is 0 Å². The molecular formula is C10H8N2O3. The number of fused-ring (bicyclic) bond motifs is 1. The standard InChI is InChI=1S/C10H8N2O3/c1-6-4-8-7(2-3-11-10(8)13)9(5-6)12(14)15/h2-5H,1H3,(H,11,13). The normalized spacial score (nSPS) is 10.5. The molecule has 0 radical (unpaired) electrons. The molecule has 5 heteroatoms. The van der Waals surface area contributed by atoms with Gasteiger partial charge in [0.2, 0.25) is 0 Å². The fraction of sp³-hybridized carbons (Fsp3) is 0.100. The Morgan fingerprint density at radius 1 is 1.33 bits per heavy atom. The number of H-pyrrole nitrogens is 1. The molecule has 1 aromatic carbocycles. The molecule has 1 heterocycles. The lowest BCUT2D eigenvalue weighted by atomic mass is 10.1. The van der Waals surface area contributed by atoms with Gasteiger partial charge >= 0.3 is 0 Å². The Balaban J connectivity index is 2.99. The molecule has 0 spiro atoms. The zero-order chi connectivity index (χ0) is 11.0. The molecule has 0 aliphatic carbocycles. The highest BCUT2D eigenvalue weighted by Crippen LogP contribution is 2.24. The summed E-state index contributed by atoms with van der Waals surface area (Å²) in [7, 11) is 0. The number of nitro groups is 1. The van der Waals surface area contributed by atoms with Crippen molar-refractivity contribution >= 4 is 16.5 Å². The van der Waals surface area contributed by atoms with Gasteiger partial charge in [0.15, 0.2) is 0 Å². The van der Waals surface area contributed by atoms with Gasteiger partial charge in [0.05, 0.1) is 15.7 Å². The van der Waals surface area contributed by atoms with Crippen LogP contribution >= 0.6 is 0 Å². The fourth-order valence-electron chi connectivity index (χ4n) is 1.57. The number of nitrogens with one attached hydrogen (secondary N) is 1. The highest BCUT2D eigenvalue weighted by molar-refractivity contribution is 5.90. The van der Waals surface area contributed by atoms with Crippen molar-refractivity contribution in [1.82, 2.24) is 4.98 Å². The third-order valence-corrected chi connectivity index (χ3v) is 2.21. The van der Waals surface area contributed by atoms with Crippen LogP contribution in [0.3, 0.4) is 0 Å². The van der Waals surface area contributed by atoms with E-state index in [9.17, 15) is 14.9 Å². The Hall–Kier alpha value is -2.17. The first-order valence-electron chi connectivity index (χ1n) is 4.36. The predicted molar refractivity (Wildman–Crippen MR) is 56.0 cm³/mol.